The first-order valence-corrected chi connectivity index (χ1v) is 4.31. The molecule has 2 aromatic rings. The van der Waals surface area contributed by atoms with Crippen molar-refractivity contribution in [2.24, 2.45) is 0 Å². The molecule has 0 fully saturated rings. The van der Waals surface area contributed by atoms with Crippen LogP contribution < -0.4 is 0 Å². The van der Waals surface area contributed by atoms with Gasteiger partial charge in [-0.25, -0.2) is 4.39 Å². The molecule has 0 unspecified atom stereocenters. The highest BCUT2D eigenvalue weighted by atomic mass is 19.1. The first-order chi connectivity index (χ1) is 6.18. The minimum absolute atomic E-state index is 0.208. The van der Waals surface area contributed by atoms with E-state index in [0.29, 0.717) is 5.92 Å². The SMILES string of the molecule is CC(C)c1cc(F)cc2[nH]ncc12. The van der Waals surface area contributed by atoms with Crippen LogP contribution in [0.2, 0.25) is 0 Å². The molecule has 2 rings (SSSR count). The predicted octanol–water partition coefficient (Wildman–Crippen LogP) is 2.83. The second kappa shape index (κ2) is 2.83. The molecule has 3 heteroatoms. The van der Waals surface area contributed by atoms with Crippen molar-refractivity contribution < 1.29 is 4.39 Å². The molecule has 0 spiro atoms. The fourth-order valence-corrected chi connectivity index (χ4v) is 1.52. The van der Waals surface area contributed by atoms with Crippen LogP contribution in [0.15, 0.2) is 18.3 Å². The quantitative estimate of drug-likeness (QED) is 0.714. The van der Waals surface area contributed by atoms with Gasteiger partial charge in [0.05, 0.1) is 11.7 Å². The number of hydrogen-bond donors (Lipinski definition) is 1. The van der Waals surface area contributed by atoms with Gasteiger partial charge in [0, 0.05) is 5.39 Å². The highest BCUT2D eigenvalue weighted by molar-refractivity contribution is 5.82. The number of nitrogens with zero attached hydrogens (tertiary/aromatic N) is 1. The maximum Gasteiger partial charge on any atom is 0.125 e. The van der Waals surface area contributed by atoms with Gasteiger partial charge in [0.2, 0.25) is 0 Å². The van der Waals surface area contributed by atoms with Crippen molar-refractivity contribution in [3.05, 3.63) is 29.7 Å². The van der Waals surface area contributed by atoms with Crippen LogP contribution in [-0.2, 0) is 0 Å². The minimum Gasteiger partial charge on any atom is -0.278 e. The summed E-state index contributed by atoms with van der Waals surface area (Å²) in [5, 5.41) is 7.67. The highest BCUT2D eigenvalue weighted by Crippen LogP contribution is 2.24. The van der Waals surface area contributed by atoms with E-state index >= 15 is 0 Å². The van der Waals surface area contributed by atoms with Gasteiger partial charge in [-0.1, -0.05) is 13.8 Å². The molecule has 0 aliphatic rings. The van der Waals surface area contributed by atoms with Crippen LogP contribution in [0.25, 0.3) is 10.9 Å². The van der Waals surface area contributed by atoms with Crippen LogP contribution in [0, 0.1) is 5.82 Å². The first-order valence-electron chi connectivity index (χ1n) is 4.31. The van der Waals surface area contributed by atoms with Gasteiger partial charge >= 0.3 is 0 Å². The van der Waals surface area contributed by atoms with Crippen LogP contribution in [0.5, 0.6) is 0 Å². The molecule has 0 saturated carbocycles. The molecule has 1 aromatic heterocycles. The largest absolute Gasteiger partial charge is 0.278 e. The highest BCUT2D eigenvalue weighted by Gasteiger charge is 2.08. The van der Waals surface area contributed by atoms with E-state index in [1.807, 2.05) is 13.8 Å². The molecule has 0 radical (unpaired) electrons. The summed E-state index contributed by atoms with van der Waals surface area (Å²) in [7, 11) is 0. The lowest BCUT2D eigenvalue weighted by atomic mass is 9.99. The van der Waals surface area contributed by atoms with E-state index < -0.39 is 0 Å². The fourth-order valence-electron chi connectivity index (χ4n) is 1.52. The third-order valence-electron chi connectivity index (χ3n) is 2.18. The summed E-state index contributed by atoms with van der Waals surface area (Å²) in [6.07, 6.45) is 1.74. The summed E-state index contributed by atoms with van der Waals surface area (Å²) in [6.45, 7) is 4.09. The summed E-state index contributed by atoms with van der Waals surface area (Å²) in [5.41, 5.74) is 1.77. The number of halogens is 1. The van der Waals surface area contributed by atoms with E-state index in [1.54, 1.807) is 12.3 Å². The number of fused-ring (bicyclic) bond motifs is 1. The van der Waals surface area contributed by atoms with E-state index in [1.165, 1.54) is 6.07 Å². The Kier molecular flexibility index (Phi) is 1.79. The maximum absolute atomic E-state index is 13.1. The van der Waals surface area contributed by atoms with Crippen molar-refractivity contribution in [3.8, 4) is 0 Å². The third-order valence-corrected chi connectivity index (χ3v) is 2.18. The Morgan fingerprint density at radius 2 is 2.15 bits per heavy atom. The Morgan fingerprint density at radius 3 is 2.85 bits per heavy atom. The molecule has 0 bridgehead atoms. The van der Waals surface area contributed by atoms with Gasteiger partial charge in [0.15, 0.2) is 0 Å². The van der Waals surface area contributed by atoms with E-state index in [2.05, 4.69) is 10.2 Å². The number of nitrogens with one attached hydrogen (secondary N) is 1. The van der Waals surface area contributed by atoms with Crippen molar-refractivity contribution in [2.45, 2.75) is 19.8 Å². The molecule has 0 aliphatic heterocycles. The summed E-state index contributed by atoms with van der Waals surface area (Å²) in [6, 6.07) is 3.04. The standard InChI is InChI=1S/C10H11FN2/c1-6(2)8-3-7(11)4-10-9(8)5-12-13-10/h3-6H,1-2H3,(H,12,13). The lowest BCUT2D eigenvalue weighted by Gasteiger charge is -2.06. The first kappa shape index (κ1) is 8.23. The number of aromatic nitrogens is 2. The Morgan fingerprint density at radius 1 is 1.38 bits per heavy atom. The molecule has 0 amide bonds. The van der Waals surface area contributed by atoms with Crippen LogP contribution >= 0.6 is 0 Å². The van der Waals surface area contributed by atoms with Crippen molar-refractivity contribution in [1.82, 2.24) is 10.2 Å². The Labute approximate surface area is 75.8 Å². The smallest absolute Gasteiger partial charge is 0.125 e. The molecule has 2 nitrogen and oxygen atoms in total. The van der Waals surface area contributed by atoms with Crippen LogP contribution in [0.1, 0.15) is 25.3 Å². The predicted molar refractivity (Wildman–Crippen MR) is 50.1 cm³/mol. The van der Waals surface area contributed by atoms with Crippen molar-refractivity contribution in [1.29, 1.82) is 0 Å². The average molecular weight is 178 g/mol. The summed E-state index contributed by atoms with van der Waals surface area (Å²) in [5.74, 6) is 0.108. The molecule has 0 saturated heterocycles. The van der Waals surface area contributed by atoms with E-state index in [0.717, 1.165) is 16.5 Å². The van der Waals surface area contributed by atoms with E-state index in [9.17, 15) is 4.39 Å². The summed E-state index contributed by atoms with van der Waals surface area (Å²) in [4.78, 5) is 0. The van der Waals surface area contributed by atoms with Crippen molar-refractivity contribution in [2.75, 3.05) is 0 Å². The van der Waals surface area contributed by atoms with Crippen molar-refractivity contribution in [3.63, 3.8) is 0 Å². The van der Waals surface area contributed by atoms with Gasteiger partial charge in [-0.05, 0) is 23.6 Å². The number of hydrogen-bond acceptors (Lipinski definition) is 1. The van der Waals surface area contributed by atoms with Crippen molar-refractivity contribution >= 4 is 10.9 Å². The van der Waals surface area contributed by atoms with E-state index in [4.69, 9.17) is 0 Å². The van der Waals surface area contributed by atoms with E-state index in [-0.39, 0.29) is 5.82 Å². The Bertz CT molecular complexity index is 431. The van der Waals surface area contributed by atoms with Gasteiger partial charge in [-0.2, -0.15) is 5.10 Å². The molecule has 0 atom stereocenters. The molecular weight excluding hydrogens is 167 g/mol. The molecule has 0 aliphatic carbocycles. The lowest BCUT2D eigenvalue weighted by molar-refractivity contribution is 0.625. The number of rotatable bonds is 1. The zero-order valence-electron chi connectivity index (χ0n) is 7.63. The second-order valence-electron chi connectivity index (χ2n) is 3.48. The number of benzene rings is 1. The van der Waals surface area contributed by atoms with Gasteiger partial charge in [-0.15, -0.1) is 0 Å². The minimum atomic E-state index is -0.208. The molecule has 13 heavy (non-hydrogen) atoms. The monoisotopic (exact) mass is 178 g/mol. The molecular formula is C10H11FN2. The lowest BCUT2D eigenvalue weighted by Crippen LogP contribution is -1.89. The Hall–Kier alpha value is -1.38. The molecule has 1 heterocycles. The zero-order valence-corrected chi connectivity index (χ0v) is 7.63. The Balaban J connectivity index is 2.77. The molecule has 1 aromatic carbocycles. The normalized spacial score (nSPS) is 11.4. The number of H-pyrrole nitrogens is 1. The van der Waals surface area contributed by atoms with Gasteiger partial charge in [0.1, 0.15) is 5.82 Å². The maximum atomic E-state index is 13.1. The van der Waals surface area contributed by atoms with Crippen LogP contribution in [0.3, 0.4) is 0 Å². The number of aromatic amines is 1. The van der Waals surface area contributed by atoms with Crippen LogP contribution in [-0.4, -0.2) is 10.2 Å². The zero-order chi connectivity index (χ0) is 9.42. The topological polar surface area (TPSA) is 28.7 Å². The average Bonchev–Trinajstić information content (AvgIpc) is 2.49. The summed E-state index contributed by atoms with van der Waals surface area (Å²) < 4.78 is 13.1. The van der Waals surface area contributed by atoms with Gasteiger partial charge < -0.3 is 0 Å². The summed E-state index contributed by atoms with van der Waals surface area (Å²) >= 11 is 0. The second-order valence-corrected chi connectivity index (χ2v) is 3.48. The molecule has 1 N–H and O–H groups in total. The third kappa shape index (κ3) is 1.30. The fraction of sp³-hybridized carbons (Fsp3) is 0.300. The molecule has 68 valence electrons. The van der Waals surface area contributed by atoms with Crippen LogP contribution in [0.4, 0.5) is 4.39 Å². The van der Waals surface area contributed by atoms with Gasteiger partial charge in [-0.3, -0.25) is 5.10 Å². The van der Waals surface area contributed by atoms with Gasteiger partial charge in [0.25, 0.3) is 0 Å².